The van der Waals surface area contributed by atoms with Crippen molar-refractivity contribution in [1.82, 2.24) is 10.6 Å². The molecular formula is C17H21N3O2S. The molecule has 0 spiro atoms. The van der Waals surface area contributed by atoms with Crippen molar-refractivity contribution in [3.8, 4) is 0 Å². The first-order chi connectivity index (χ1) is 11.0. The fraction of sp³-hybridized carbons (Fsp3) is 0.294. The zero-order chi connectivity index (χ0) is 16.7. The Labute approximate surface area is 140 Å². The van der Waals surface area contributed by atoms with E-state index < -0.39 is 6.03 Å². The SMILES string of the molecule is Cc1ccc(C)c(NCC(=O)NC(=O)NCCc2cccs2)c1. The lowest BCUT2D eigenvalue weighted by Gasteiger charge is -2.11. The predicted molar refractivity (Wildman–Crippen MR) is 94.0 cm³/mol. The third kappa shape index (κ3) is 5.75. The Bertz CT molecular complexity index is 668. The van der Waals surface area contributed by atoms with E-state index in [1.54, 1.807) is 11.3 Å². The predicted octanol–water partition coefficient (Wildman–Crippen LogP) is 2.85. The van der Waals surface area contributed by atoms with E-state index in [0.717, 1.165) is 23.2 Å². The van der Waals surface area contributed by atoms with Crippen molar-refractivity contribution in [2.75, 3.05) is 18.4 Å². The number of benzene rings is 1. The molecule has 1 aromatic carbocycles. The van der Waals surface area contributed by atoms with Crippen LogP contribution in [0.5, 0.6) is 0 Å². The molecule has 23 heavy (non-hydrogen) atoms. The number of carbonyl (C=O) groups excluding carboxylic acids is 2. The van der Waals surface area contributed by atoms with Gasteiger partial charge in [0.05, 0.1) is 6.54 Å². The van der Waals surface area contributed by atoms with Gasteiger partial charge in [-0.2, -0.15) is 0 Å². The molecule has 3 N–H and O–H groups in total. The molecule has 0 aliphatic carbocycles. The van der Waals surface area contributed by atoms with Crippen LogP contribution >= 0.6 is 11.3 Å². The van der Waals surface area contributed by atoms with Crippen molar-refractivity contribution >= 4 is 29.0 Å². The van der Waals surface area contributed by atoms with E-state index in [1.165, 1.54) is 4.88 Å². The Hall–Kier alpha value is -2.34. The number of thiophene rings is 1. The van der Waals surface area contributed by atoms with Crippen molar-refractivity contribution in [1.29, 1.82) is 0 Å². The minimum Gasteiger partial charge on any atom is -0.376 e. The largest absolute Gasteiger partial charge is 0.376 e. The van der Waals surface area contributed by atoms with E-state index in [-0.39, 0.29) is 12.5 Å². The zero-order valence-electron chi connectivity index (χ0n) is 13.3. The van der Waals surface area contributed by atoms with Gasteiger partial charge in [-0.1, -0.05) is 18.2 Å². The molecule has 0 aliphatic heterocycles. The van der Waals surface area contributed by atoms with Crippen molar-refractivity contribution in [2.24, 2.45) is 0 Å². The van der Waals surface area contributed by atoms with Crippen LogP contribution in [0.15, 0.2) is 35.7 Å². The van der Waals surface area contributed by atoms with E-state index in [0.29, 0.717) is 6.54 Å². The highest BCUT2D eigenvalue weighted by atomic mass is 32.1. The Morgan fingerprint density at radius 1 is 1.17 bits per heavy atom. The number of urea groups is 1. The Morgan fingerprint density at radius 2 is 2.00 bits per heavy atom. The third-order valence-corrected chi connectivity index (χ3v) is 4.26. The summed E-state index contributed by atoms with van der Waals surface area (Å²) in [6.07, 6.45) is 0.764. The van der Waals surface area contributed by atoms with Crippen molar-refractivity contribution < 1.29 is 9.59 Å². The molecule has 0 unspecified atom stereocenters. The second kappa shape index (κ2) is 8.33. The van der Waals surface area contributed by atoms with E-state index in [2.05, 4.69) is 16.0 Å². The van der Waals surface area contributed by atoms with Crippen molar-refractivity contribution in [3.05, 3.63) is 51.7 Å². The molecule has 2 rings (SSSR count). The topological polar surface area (TPSA) is 70.2 Å². The number of hydrogen-bond acceptors (Lipinski definition) is 4. The summed E-state index contributed by atoms with van der Waals surface area (Å²) in [6, 6.07) is 9.51. The van der Waals surface area contributed by atoms with Gasteiger partial charge in [0.15, 0.2) is 0 Å². The van der Waals surface area contributed by atoms with Crippen LogP contribution in [-0.4, -0.2) is 25.0 Å². The molecule has 1 aromatic heterocycles. The number of hydrogen-bond donors (Lipinski definition) is 3. The molecule has 5 nitrogen and oxygen atoms in total. The second-order valence-electron chi connectivity index (χ2n) is 5.31. The van der Waals surface area contributed by atoms with Crippen LogP contribution in [-0.2, 0) is 11.2 Å². The molecule has 0 atom stereocenters. The monoisotopic (exact) mass is 331 g/mol. The average molecular weight is 331 g/mol. The number of rotatable bonds is 6. The molecule has 6 heteroatoms. The molecule has 0 aliphatic rings. The van der Waals surface area contributed by atoms with E-state index in [4.69, 9.17) is 0 Å². The number of anilines is 1. The van der Waals surface area contributed by atoms with E-state index in [9.17, 15) is 9.59 Å². The maximum absolute atomic E-state index is 11.8. The molecule has 0 saturated carbocycles. The number of imide groups is 1. The smallest absolute Gasteiger partial charge is 0.321 e. The highest BCUT2D eigenvalue weighted by Gasteiger charge is 2.08. The summed E-state index contributed by atoms with van der Waals surface area (Å²) in [5.74, 6) is -0.362. The summed E-state index contributed by atoms with van der Waals surface area (Å²) in [6.45, 7) is 4.52. The van der Waals surface area contributed by atoms with Crippen LogP contribution in [0.4, 0.5) is 10.5 Å². The zero-order valence-corrected chi connectivity index (χ0v) is 14.1. The van der Waals surface area contributed by atoms with Crippen LogP contribution in [0, 0.1) is 13.8 Å². The van der Waals surface area contributed by atoms with Crippen LogP contribution in [0.3, 0.4) is 0 Å². The van der Waals surface area contributed by atoms with Gasteiger partial charge in [-0.15, -0.1) is 11.3 Å². The molecular weight excluding hydrogens is 310 g/mol. The Morgan fingerprint density at radius 3 is 2.74 bits per heavy atom. The van der Waals surface area contributed by atoms with Gasteiger partial charge in [0, 0.05) is 17.1 Å². The van der Waals surface area contributed by atoms with Gasteiger partial charge < -0.3 is 10.6 Å². The maximum atomic E-state index is 11.8. The summed E-state index contributed by atoms with van der Waals surface area (Å²) in [4.78, 5) is 24.6. The van der Waals surface area contributed by atoms with Crippen molar-refractivity contribution in [3.63, 3.8) is 0 Å². The molecule has 0 saturated heterocycles. The summed E-state index contributed by atoms with van der Waals surface area (Å²) >= 11 is 1.65. The van der Waals surface area contributed by atoms with Crippen LogP contribution < -0.4 is 16.0 Å². The minimum absolute atomic E-state index is 0.0582. The number of aryl methyl sites for hydroxylation is 2. The van der Waals surface area contributed by atoms with Gasteiger partial charge in [0.1, 0.15) is 0 Å². The minimum atomic E-state index is -0.464. The van der Waals surface area contributed by atoms with Crippen LogP contribution in [0.2, 0.25) is 0 Å². The normalized spacial score (nSPS) is 10.2. The van der Waals surface area contributed by atoms with Crippen LogP contribution in [0.25, 0.3) is 0 Å². The molecule has 0 bridgehead atoms. The molecule has 2 aromatic rings. The number of nitrogens with one attached hydrogen (secondary N) is 3. The van der Waals surface area contributed by atoms with Gasteiger partial charge in [-0.05, 0) is 48.9 Å². The number of carbonyl (C=O) groups is 2. The average Bonchev–Trinajstić information content (AvgIpc) is 3.01. The number of amides is 3. The fourth-order valence-electron chi connectivity index (χ4n) is 2.07. The summed E-state index contributed by atoms with van der Waals surface area (Å²) in [5.41, 5.74) is 3.08. The van der Waals surface area contributed by atoms with Gasteiger partial charge in [-0.25, -0.2) is 4.79 Å². The highest BCUT2D eigenvalue weighted by Crippen LogP contribution is 2.15. The first-order valence-corrected chi connectivity index (χ1v) is 8.34. The molecule has 3 amide bonds. The quantitative estimate of drug-likeness (QED) is 0.762. The van der Waals surface area contributed by atoms with Gasteiger partial charge in [0.2, 0.25) is 5.91 Å². The van der Waals surface area contributed by atoms with Gasteiger partial charge >= 0.3 is 6.03 Å². The first-order valence-electron chi connectivity index (χ1n) is 7.46. The first kappa shape index (κ1) is 17.0. The van der Waals surface area contributed by atoms with Crippen molar-refractivity contribution in [2.45, 2.75) is 20.3 Å². The Balaban J connectivity index is 1.69. The van der Waals surface area contributed by atoms with E-state index >= 15 is 0 Å². The Kier molecular flexibility index (Phi) is 6.17. The fourth-order valence-corrected chi connectivity index (χ4v) is 2.78. The summed E-state index contributed by atoms with van der Waals surface area (Å²) in [5, 5.41) is 10.0. The van der Waals surface area contributed by atoms with Gasteiger partial charge in [0.25, 0.3) is 0 Å². The third-order valence-electron chi connectivity index (χ3n) is 3.32. The summed E-state index contributed by atoms with van der Waals surface area (Å²) < 4.78 is 0. The maximum Gasteiger partial charge on any atom is 0.321 e. The molecule has 1 heterocycles. The van der Waals surface area contributed by atoms with Gasteiger partial charge in [-0.3, -0.25) is 10.1 Å². The van der Waals surface area contributed by atoms with E-state index in [1.807, 2.05) is 49.6 Å². The lowest BCUT2D eigenvalue weighted by molar-refractivity contribution is -0.118. The molecule has 0 radical (unpaired) electrons. The second-order valence-corrected chi connectivity index (χ2v) is 6.34. The van der Waals surface area contributed by atoms with Crippen LogP contribution in [0.1, 0.15) is 16.0 Å². The standard InChI is InChI=1S/C17H21N3O2S/c1-12-5-6-13(2)15(10-12)19-11-16(21)20-17(22)18-8-7-14-4-3-9-23-14/h3-6,9-10,19H,7-8,11H2,1-2H3,(H2,18,20,21,22). The highest BCUT2D eigenvalue weighted by molar-refractivity contribution is 7.09. The lowest BCUT2D eigenvalue weighted by atomic mass is 10.1. The molecule has 122 valence electrons. The summed E-state index contributed by atoms with van der Waals surface area (Å²) in [7, 11) is 0. The molecule has 0 fully saturated rings. The lowest BCUT2D eigenvalue weighted by Crippen LogP contribution is -2.42.